The minimum Gasteiger partial charge on any atom is -0.365 e. The van der Waals surface area contributed by atoms with Crippen molar-refractivity contribution >= 4 is 28.8 Å². The SMILES string of the molecule is CCc1nc(CN(C)C(=O)CCc2c(C)nc3c(C(N)=O)cnn3c2C)cs1. The van der Waals surface area contributed by atoms with Gasteiger partial charge in [0.25, 0.3) is 5.91 Å². The fourth-order valence-corrected chi connectivity index (χ4v) is 3.92. The highest BCUT2D eigenvalue weighted by Gasteiger charge is 2.18. The van der Waals surface area contributed by atoms with E-state index in [0.29, 0.717) is 30.6 Å². The zero-order valence-electron chi connectivity index (χ0n) is 16.5. The zero-order valence-corrected chi connectivity index (χ0v) is 17.3. The Hall–Kier alpha value is -2.81. The number of primary amides is 1. The summed E-state index contributed by atoms with van der Waals surface area (Å²) in [5.41, 5.74) is 9.63. The molecule has 3 aromatic heterocycles. The lowest BCUT2D eigenvalue weighted by Gasteiger charge is -2.17. The van der Waals surface area contributed by atoms with E-state index < -0.39 is 5.91 Å². The Morgan fingerprint density at radius 1 is 1.29 bits per heavy atom. The number of hydrogen-bond acceptors (Lipinski definition) is 6. The number of nitrogens with two attached hydrogens (primary N) is 1. The molecule has 3 aromatic rings. The number of aryl methyl sites for hydroxylation is 3. The van der Waals surface area contributed by atoms with Crippen molar-refractivity contribution in [3.63, 3.8) is 0 Å². The molecule has 0 aliphatic heterocycles. The molecule has 0 aliphatic rings. The van der Waals surface area contributed by atoms with Crippen LogP contribution in [-0.4, -0.2) is 43.3 Å². The lowest BCUT2D eigenvalue weighted by atomic mass is 10.1. The first kappa shape index (κ1) is 19.9. The molecule has 0 unspecified atom stereocenters. The summed E-state index contributed by atoms with van der Waals surface area (Å²) in [7, 11) is 1.79. The van der Waals surface area contributed by atoms with E-state index in [0.717, 1.165) is 34.1 Å². The standard InChI is InChI=1S/C19H24N6O2S/c1-5-16-23-13(10-28-16)9-24(4)17(26)7-6-14-11(2)22-19-15(18(20)27)8-21-25(19)12(14)3/h8,10H,5-7,9H2,1-4H3,(H2,20,27). The van der Waals surface area contributed by atoms with Crippen molar-refractivity contribution in [3.8, 4) is 0 Å². The molecule has 148 valence electrons. The molecule has 0 spiro atoms. The summed E-state index contributed by atoms with van der Waals surface area (Å²) in [4.78, 5) is 34.8. The average Bonchev–Trinajstić information content (AvgIpc) is 3.27. The van der Waals surface area contributed by atoms with Gasteiger partial charge >= 0.3 is 0 Å². The Morgan fingerprint density at radius 2 is 2.04 bits per heavy atom. The van der Waals surface area contributed by atoms with E-state index >= 15 is 0 Å². The van der Waals surface area contributed by atoms with E-state index in [1.54, 1.807) is 27.8 Å². The maximum atomic E-state index is 12.6. The van der Waals surface area contributed by atoms with Gasteiger partial charge in [0.05, 0.1) is 23.4 Å². The van der Waals surface area contributed by atoms with Crippen LogP contribution in [0.25, 0.3) is 5.65 Å². The predicted molar refractivity (Wildman–Crippen MR) is 107 cm³/mol. The van der Waals surface area contributed by atoms with Gasteiger partial charge in [-0.3, -0.25) is 9.59 Å². The number of carbonyl (C=O) groups is 2. The smallest absolute Gasteiger partial charge is 0.254 e. The van der Waals surface area contributed by atoms with E-state index in [2.05, 4.69) is 22.0 Å². The second-order valence-corrected chi connectivity index (χ2v) is 7.70. The fourth-order valence-electron chi connectivity index (χ4n) is 3.18. The van der Waals surface area contributed by atoms with Gasteiger partial charge in [0, 0.05) is 30.2 Å². The molecular weight excluding hydrogens is 376 g/mol. The first-order chi connectivity index (χ1) is 13.3. The average molecular weight is 401 g/mol. The predicted octanol–water partition coefficient (Wildman–Crippen LogP) is 2.06. The molecule has 0 fully saturated rings. The molecule has 3 rings (SSSR count). The molecule has 28 heavy (non-hydrogen) atoms. The maximum Gasteiger partial charge on any atom is 0.254 e. The summed E-state index contributed by atoms with van der Waals surface area (Å²) in [6.07, 6.45) is 3.24. The molecule has 0 saturated carbocycles. The van der Waals surface area contributed by atoms with Crippen LogP contribution < -0.4 is 5.73 Å². The van der Waals surface area contributed by atoms with Crippen molar-refractivity contribution in [2.45, 2.75) is 46.6 Å². The highest BCUT2D eigenvalue weighted by atomic mass is 32.1. The number of rotatable bonds is 7. The van der Waals surface area contributed by atoms with Crippen LogP contribution in [0, 0.1) is 13.8 Å². The molecule has 2 N–H and O–H groups in total. The topological polar surface area (TPSA) is 106 Å². The van der Waals surface area contributed by atoms with Crippen molar-refractivity contribution in [1.29, 1.82) is 0 Å². The summed E-state index contributed by atoms with van der Waals surface area (Å²) in [5, 5.41) is 7.30. The number of hydrogen-bond donors (Lipinski definition) is 1. The Kier molecular flexibility index (Phi) is 5.73. The van der Waals surface area contributed by atoms with E-state index in [1.807, 2.05) is 19.2 Å². The molecule has 0 aromatic carbocycles. The summed E-state index contributed by atoms with van der Waals surface area (Å²) in [5.74, 6) is -0.512. The summed E-state index contributed by atoms with van der Waals surface area (Å²) < 4.78 is 1.61. The molecule has 0 atom stereocenters. The third-order valence-corrected chi connectivity index (χ3v) is 5.83. The molecule has 0 aliphatic carbocycles. The highest BCUT2D eigenvalue weighted by Crippen LogP contribution is 2.19. The van der Waals surface area contributed by atoms with Crippen LogP contribution in [0.3, 0.4) is 0 Å². The molecule has 2 amide bonds. The van der Waals surface area contributed by atoms with Gasteiger partial charge in [0.2, 0.25) is 5.91 Å². The second-order valence-electron chi connectivity index (χ2n) is 6.76. The van der Waals surface area contributed by atoms with Crippen molar-refractivity contribution in [3.05, 3.63) is 44.8 Å². The summed E-state index contributed by atoms with van der Waals surface area (Å²) in [6, 6.07) is 0. The van der Waals surface area contributed by atoms with Crippen molar-refractivity contribution in [1.82, 2.24) is 24.5 Å². The van der Waals surface area contributed by atoms with Gasteiger partial charge in [-0.2, -0.15) is 5.10 Å². The van der Waals surface area contributed by atoms with Crippen LogP contribution in [0.1, 0.15) is 51.4 Å². The fraction of sp³-hybridized carbons (Fsp3) is 0.421. The van der Waals surface area contributed by atoms with Gasteiger partial charge in [-0.1, -0.05) is 6.92 Å². The molecule has 9 heteroatoms. The Morgan fingerprint density at radius 3 is 2.68 bits per heavy atom. The van der Waals surface area contributed by atoms with E-state index in [9.17, 15) is 9.59 Å². The first-order valence-electron chi connectivity index (χ1n) is 9.12. The lowest BCUT2D eigenvalue weighted by Crippen LogP contribution is -2.26. The summed E-state index contributed by atoms with van der Waals surface area (Å²) >= 11 is 1.62. The van der Waals surface area contributed by atoms with Crippen molar-refractivity contribution in [2.24, 2.45) is 5.73 Å². The minimum absolute atomic E-state index is 0.0447. The molecule has 0 radical (unpaired) electrons. The largest absolute Gasteiger partial charge is 0.365 e. The highest BCUT2D eigenvalue weighted by molar-refractivity contribution is 7.09. The van der Waals surface area contributed by atoms with Crippen LogP contribution >= 0.6 is 11.3 Å². The molecule has 0 saturated heterocycles. The zero-order chi connectivity index (χ0) is 20.4. The summed E-state index contributed by atoms with van der Waals surface area (Å²) in [6.45, 7) is 6.35. The minimum atomic E-state index is -0.556. The van der Waals surface area contributed by atoms with Gasteiger partial charge in [0.15, 0.2) is 5.65 Å². The number of amides is 2. The Bertz CT molecular complexity index is 1040. The van der Waals surface area contributed by atoms with Crippen LogP contribution in [0.4, 0.5) is 0 Å². The van der Waals surface area contributed by atoms with Crippen LogP contribution in [0.2, 0.25) is 0 Å². The van der Waals surface area contributed by atoms with Crippen molar-refractivity contribution < 1.29 is 9.59 Å². The van der Waals surface area contributed by atoms with Gasteiger partial charge in [-0.25, -0.2) is 14.5 Å². The lowest BCUT2D eigenvalue weighted by molar-refractivity contribution is -0.130. The monoisotopic (exact) mass is 400 g/mol. The molecule has 8 nitrogen and oxygen atoms in total. The Labute approximate surface area is 167 Å². The van der Waals surface area contributed by atoms with Crippen molar-refractivity contribution in [2.75, 3.05) is 7.05 Å². The third kappa shape index (κ3) is 3.89. The number of thiazole rings is 1. The molecule has 0 bridgehead atoms. The normalized spacial score (nSPS) is 11.1. The van der Waals surface area contributed by atoms with E-state index in [4.69, 9.17) is 5.73 Å². The van der Waals surface area contributed by atoms with Gasteiger partial charge < -0.3 is 10.6 Å². The van der Waals surface area contributed by atoms with Crippen LogP contribution in [-0.2, 0) is 24.2 Å². The van der Waals surface area contributed by atoms with Gasteiger partial charge in [0.1, 0.15) is 5.56 Å². The van der Waals surface area contributed by atoms with Gasteiger partial charge in [-0.15, -0.1) is 11.3 Å². The van der Waals surface area contributed by atoms with E-state index in [1.165, 1.54) is 6.20 Å². The third-order valence-electron chi connectivity index (χ3n) is 4.79. The van der Waals surface area contributed by atoms with Crippen LogP contribution in [0.5, 0.6) is 0 Å². The van der Waals surface area contributed by atoms with Crippen LogP contribution in [0.15, 0.2) is 11.6 Å². The number of nitrogens with zero attached hydrogens (tertiary/aromatic N) is 5. The van der Waals surface area contributed by atoms with Gasteiger partial charge in [-0.05, 0) is 32.3 Å². The maximum absolute atomic E-state index is 12.6. The first-order valence-corrected chi connectivity index (χ1v) is 10.0. The quantitative estimate of drug-likeness (QED) is 0.653. The number of aromatic nitrogens is 4. The molecular formula is C19H24N6O2S. The number of fused-ring (bicyclic) bond motifs is 1. The molecule has 3 heterocycles. The van der Waals surface area contributed by atoms with E-state index in [-0.39, 0.29) is 5.91 Å². The number of carbonyl (C=O) groups excluding carboxylic acids is 2. The Balaban J connectivity index is 1.72. The second kappa shape index (κ2) is 8.05.